The van der Waals surface area contributed by atoms with E-state index in [0.29, 0.717) is 12.2 Å². The molecule has 1 aromatic carbocycles. The van der Waals surface area contributed by atoms with Crippen LogP contribution in [0, 0.1) is 6.92 Å². The molecule has 176 valence electrons. The normalized spacial score (nSPS) is 21.3. The summed E-state index contributed by atoms with van der Waals surface area (Å²) in [7, 11) is 1.64. The molecule has 0 radical (unpaired) electrons. The van der Waals surface area contributed by atoms with Crippen LogP contribution in [0.5, 0.6) is 0 Å². The van der Waals surface area contributed by atoms with E-state index in [-0.39, 0.29) is 36.0 Å². The van der Waals surface area contributed by atoms with Gasteiger partial charge in [-0.2, -0.15) is 5.10 Å². The average Bonchev–Trinajstić information content (AvgIpc) is 3.05. The summed E-state index contributed by atoms with van der Waals surface area (Å²) in [5.74, 6) is -0.834. The molecule has 8 heteroatoms. The lowest BCUT2D eigenvalue weighted by atomic mass is 9.95. The number of carbonyl (C=O) groups excluding carboxylic acids is 3. The largest absolute Gasteiger partial charge is 0.351 e. The molecule has 1 aliphatic heterocycles. The van der Waals surface area contributed by atoms with Gasteiger partial charge in [0.1, 0.15) is 11.2 Å². The van der Waals surface area contributed by atoms with Crippen LogP contribution in [0.25, 0.3) is 0 Å². The van der Waals surface area contributed by atoms with Crippen molar-refractivity contribution in [2.45, 2.75) is 77.0 Å². The van der Waals surface area contributed by atoms with Crippen LogP contribution in [0.3, 0.4) is 0 Å². The van der Waals surface area contributed by atoms with Gasteiger partial charge in [0.05, 0.1) is 6.54 Å². The Morgan fingerprint density at radius 3 is 2.45 bits per heavy atom. The molecule has 33 heavy (non-hydrogen) atoms. The highest BCUT2D eigenvalue weighted by molar-refractivity contribution is 6.01. The van der Waals surface area contributed by atoms with Gasteiger partial charge >= 0.3 is 0 Å². The summed E-state index contributed by atoms with van der Waals surface area (Å²) in [6, 6.07) is 9.56. The fourth-order valence-electron chi connectivity index (χ4n) is 4.58. The predicted octanol–water partition coefficient (Wildman–Crippen LogP) is 2.80. The summed E-state index contributed by atoms with van der Waals surface area (Å²) in [5, 5.41) is 10.4. The number of fused-ring (bicyclic) bond motifs is 1. The van der Waals surface area contributed by atoms with Crippen LogP contribution in [-0.2, 0) is 17.9 Å². The Morgan fingerprint density at radius 1 is 1.12 bits per heavy atom. The molecule has 1 aromatic heterocycles. The van der Waals surface area contributed by atoms with Gasteiger partial charge in [-0.3, -0.25) is 19.1 Å². The SMILES string of the molecule is Cc1ccc(CNC(=O)c2cc3n(n2)CC(C)(C(=O)NC2CCCCCC2)N(C)C3=O)cc1. The third kappa shape index (κ3) is 4.79. The third-order valence-electron chi connectivity index (χ3n) is 6.99. The van der Waals surface area contributed by atoms with Gasteiger partial charge in [0, 0.05) is 25.7 Å². The summed E-state index contributed by atoms with van der Waals surface area (Å²) >= 11 is 0. The molecule has 2 aliphatic rings. The summed E-state index contributed by atoms with van der Waals surface area (Å²) in [6.45, 7) is 4.35. The molecule has 0 bridgehead atoms. The van der Waals surface area contributed by atoms with Gasteiger partial charge in [-0.25, -0.2) is 0 Å². The van der Waals surface area contributed by atoms with E-state index in [9.17, 15) is 14.4 Å². The molecule has 2 heterocycles. The van der Waals surface area contributed by atoms with Gasteiger partial charge in [-0.05, 0) is 32.3 Å². The minimum Gasteiger partial charge on any atom is -0.351 e. The Morgan fingerprint density at radius 2 is 1.79 bits per heavy atom. The average molecular weight is 452 g/mol. The minimum absolute atomic E-state index is 0.141. The number of hydrogen-bond acceptors (Lipinski definition) is 4. The van der Waals surface area contributed by atoms with Crippen molar-refractivity contribution < 1.29 is 14.4 Å². The van der Waals surface area contributed by atoms with Crippen LogP contribution < -0.4 is 10.6 Å². The van der Waals surface area contributed by atoms with Gasteiger partial charge in [-0.15, -0.1) is 0 Å². The Bertz CT molecular complexity index is 1040. The highest BCUT2D eigenvalue weighted by Gasteiger charge is 2.46. The van der Waals surface area contributed by atoms with E-state index in [1.165, 1.54) is 28.5 Å². The van der Waals surface area contributed by atoms with Crippen molar-refractivity contribution in [3.8, 4) is 0 Å². The summed E-state index contributed by atoms with van der Waals surface area (Å²) in [4.78, 5) is 40.5. The van der Waals surface area contributed by atoms with Crippen LogP contribution in [0.15, 0.2) is 30.3 Å². The van der Waals surface area contributed by atoms with E-state index >= 15 is 0 Å². The number of hydrogen-bond donors (Lipinski definition) is 2. The highest BCUT2D eigenvalue weighted by atomic mass is 16.2. The second-order valence-electron chi connectivity index (χ2n) is 9.54. The monoisotopic (exact) mass is 451 g/mol. The third-order valence-corrected chi connectivity index (χ3v) is 6.99. The van der Waals surface area contributed by atoms with Crippen molar-refractivity contribution >= 4 is 17.7 Å². The molecule has 4 rings (SSSR count). The first-order valence-electron chi connectivity index (χ1n) is 11.8. The Kier molecular flexibility index (Phi) is 6.54. The molecule has 2 N–H and O–H groups in total. The quantitative estimate of drug-likeness (QED) is 0.684. The van der Waals surface area contributed by atoms with E-state index in [1.54, 1.807) is 14.0 Å². The number of nitrogens with one attached hydrogen (secondary N) is 2. The molecule has 0 spiro atoms. The van der Waals surface area contributed by atoms with E-state index in [1.807, 2.05) is 31.2 Å². The van der Waals surface area contributed by atoms with Crippen molar-refractivity contribution in [2.75, 3.05) is 7.05 Å². The van der Waals surface area contributed by atoms with Crippen LogP contribution >= 0.6 is 0 Å². The van der Waals surface area contributed by atoms with Crippen molar-refractivity contribution in [3.05, 3.63) is 52.8 Å². The minimum atomic E-state index is -1.07. The maximum Gasteiger partial charge on any atom is 0.272 e. The first-order valence-corrected chi connectivity index (χ1v) is 11.8. The molecule has 3 amide bonds. The Hall–Kier alpha value is -3.16. The highest BCUT2D eigenvalue weighted by Crippen LogP contribution is 2.27. The molecule has 8 nitrogen and oxygen atoms in total. The lowest BCUT2D eigenvalue weighted by Gasteiger charge is -2.41. The lowest BCUT2D eigenvalue weighted by molar-refractivity contribution is -0.133. The number of rotatable bonds is 5. The molecule has 1 unspecified atom stereocenters. The van der Waals surface area contributed by atoms with Gasteiger partial charge in [0.15, 0.2) is 5.69 Å². The van der Waals surface area contributed by atoms with Crippen molar-refractivity contribution in [1.29, 1.82) is 0 Å². The van der Waals surface area contributed by atoms with Crippen LogP contribution in [-0.4, -0.2) is 51.0 Å². The Labute approximate surface area is 194 Å². The van der Waals surface area contributed by atoms with Gasteiger partial charge in [0.2, 0.25) is 5.91 Å². The zero-order valence-electron chi connectivity index (χ0n) is 19.7. The topological polar surface area (TPSA) is 96.3 Å². The van der Waals surface area contributed by atoms with E-state index in [0.717, 1.165) is 36.8 Å². The van der Waals surface area contributed by atoms with Crippen molar-refractivity contribution in [1.82, 2.24) is 25.3 Å². The number of carbonyl (C=O) groups is 3. The van der Waals surface area contributed by atoms with Gasteiger partial charge in [0.25, 0.3) is 11.8 Å². The summed E-state index contributed by atoms with van der Waals surface area (Å²) < 4.78 is 1.50. The van der Waals surface area contributed by atoms with Crippen molar-refractivity contribution in [2.24, 2.45) is 0 Å². The molecule has 1 saturated carbocycles. The van der Waals surface area contributed by atoms with Gasteiger partial charge < -0.3 is 15.5 Å². The molecule has 0 saturated heterocycles. The number of amides is 3. The number of nitrogens with zero attached hydrogens (tertiary/aromatic N) is 3. The second-order valence-corrected chi connectivity index (χ2v) is 9.54. The van der Waals surface area contributed by atoms with Crippen LogP contribution in [0.2, 0.25) is 0 Å². The zero-order valence-corrected chi connectivity index (χ0v) is 19.7. The second kappa shape index (κ2) is 9.37. The van der Waals surface area contributed by atoms with E-state index in [4.69, 9.17) is 0 Å². The van der Waals surface area contributed by atoms with Crippen LogP contribution in [0.4, 0.5) is 0 Å². The maximum atomic E-state index is 13.3. The standard InChI is InChI=1S/C25H33N5O3/c1-17-10-12-18(13-11-17)15-26-22(31)20-14-21-23(32)29(3)25(2,16-30(21)28-20)24(33)27-19-8-6-4-5-7-9-19/h10-14,19H,4-9,15-16H2,1-3H3,(H,26,31)(H,27,33). The summed E-state index contributed by atoms with van der Waals surface area (Å²) in [6.07, 6.45) is 6.57. The van der Waals surface area contributed by atoms with Crippen LogP contribution in [0.1, 0.15) is 77.6 Å². The zero-order chi connectivity index (χ0) is 23.6. The van der Waals surface area contributed by atoms with E-state index in [2.05, 4.69) is 15.7 Å². The first kappa shape index (κ1) is 23.0. The van der Waals surface area contributed by atoms with Gasteiger partial charge in [-0.1, -0.05) is 55.5 Å². The molecule has 1 fully saturated rings. The van der Waals surface area contributed by atoms with E-state index < -0.39 is 5.54 Å². The number of benzene rings is 1. The Balaban J connectivity index is 1.46. The fraction of sp³-hybridized carbons (Fsp3) is 0.520. The number of aryl methyl sites for hydroxylation is 1. The summed E-state index contributed by atoms with van der Waals surface area (Å²) in [5.41, 5.74) is 1.56. The first-order chi connectivity index (χ1) is 15.8. The number of aromatic nitrogens is 2. The fourth-order valence-corrected chi connectivity index (χ4v) is 4.58. The molecular formula is C25H33N5O3. The predicted molar refractivity (Wildman–Crippen MR) is 125 cm³/mol. The maximum absolute atomic E-state index is 13.3. The molecule has 2 aromatic rings. The number of likely N-dealkylation sites (N-methyl/N-ethyl adjacent to an activating group) is 1. The molecule has 1 aliphatic carbocycles. The lowest BCUT2D eigenvalue weighted by Crippen LogP contribution is -2.63. The molecular weight excluding hydrogens is 418 g/mol. The smallest absolute Gasteiger partial charge is 0.272 e. The molecule has 1 atom stereocenters. The van der Waals surface area contributed by atoms with Crippen molar-refractivity contribution in [3.63, 3.8) is 0 Å².